The van der Waals surface area contributed by atoms with E-state index in [4.69, 9.17) is 9.47 Å². The number of thioether (sulfide) groups is 2. The van der Waals surface area contributed by atoms with E-state index in [9.17, 15) is 20.1 Å². The van der Waals surface area contributed by atoms with Gasteiger partial charge in [-0.2, -0.15) is 10.5 Å². The number of allylic oxidation sites excluding steroid dienone is 1. The molecule has 0 aromatic heterocycles. The molecule has 58 heavy (non-hydrogen) atoms. The fraction of sp³-hybridized carbons (Fsp3) is 0.520. The van der Waals surface area contributed by atoms with E-state index in [1.165, 1.54) is 103 Å². The van der Waals surface area contributed by atoms with Crippen molar-refractivity contribution in [3.8, 4) is 23.6 Å². The van der Waals surface area contributed by atoms with Crippen LogP contribution in [0.5, 0.6) is 11.5 Å². The molecule has 9 rings (SSSR count). The average molecular weight is 811 g/mol. The molecule has 1 aliphatic heterocycles. The average Bonchev–Trinajstić information content (AvgIpc) is 3.76. The number of esters is 2. The van der Waals surface area contributed by atoms with Gasteiger partial charge in [0.2, 0.25) is 0 Å². The predicted molar refractivity (Wildman–Crippen MR) is 229 cm³/mol. The summed E-state index contributed by atoms with van der Waals surface area (Å²) in [5, 5.41) is 20.1. The molecule has 5 aliphatic carbocycles. The van der Waals surface area contributed by atoms with Gasteiger partial charge in [0.05, 0.1) is 25.9 Å². The normalized spacial score (nSPS) is 26.9. The maximum atomic E-state index is 14.5. The van der Waals surface area contributed by atoms with Crippen LogP contribution < -0.4 is 9.47 Å². The van der Waals surface area contributed by atoms with E-state index in [1.807, 2.05) is 0 Å². The molecule has 6 aliphatic rings. The molecular weight excluding hydrogens is 757 g/mol. The van der Waals surface area contributed by atoms with Crippen LogP contribution in [0.25, 0.3) is 0 Å². The van der Waals surface area contributed by atoms with Crippen LogP contribution in [0.1, 0.15) is 167 Å². The van der Waals surface area contributed by atoms with E-state index in [0.717, 1.165) is 62.5 Å². The van der Waals surface area contributed by atoms with Gasteiger partial charge in [0.1, 0.15) is 29.2 Å². The zero-order chi connectivity index (χ0) is 40.1. The fourth-order valence-corrected chi connectivity index (χ4v) is 14.2. The Hall–Kier alpha value is -3.98. The molecule has 8 heteroatoms. The second-order valence-electron chi connectivity index (χ2n) is 17.9. The number of fused-ring (bicyclic) bond motifs is 8. The molecule has 3 unspecified atom stereocenters. The number of hydrogen-bond donors (Lipinski definition) is 0. The first-order valence-corrected chi connectivity index (χ1v) is 23.7. The van der Waals surface area contributed by atoms with Crippen LogP contribution in [0.4, 0.5) is 0 Å². The summed E-state index contributed by atoms with van der Waals surface area (Å²) in [5.41, 5.74) is 7.70. The van der Waals surface area contributed by atoms with Crippen LogP contribution in [0, 0.1) is 53.3 Å². The third kappa shape index (κ3) is 6.35. The molecule has 2 fully saturated rings. The number of unbranched alkanes of at least 4 members (excludes halogenated alkanes) is 4. The highest BCUT2D eigenvalue weighted by Gasteiger charge is 2.71. The van der Waals surface area contributed by atoms with E-state index in [1.54, 1.807) is 0 Å². The Morgan fingerprint density at radius 2 is 1.19 bits per heavy atom. The monoisotopic (exact) mass is 810 g/mol. The Labute approximate surface area is 352 Å². The van der Waals surface area contributed by atoms with Crippen LogP contribution in [0.15, 0.2) is 62.1 Å². The van der Waals surface area contributed by atoms with Crippen LogP contribution in [-0.4, -0.2) is 11.9 Å². The molecule has 300 valence electrons. The lowest BCUT2D eigenvalue weighted by atomic mass is 9.43. The molecule has 0 amide bonds. The van der Waals surface area contributed by atoms with Crippen molar-refractivity contribution < 1.29 is 19.1 Å². The summed E-state index contributed by atoms with van der Waals surface area (Å²) < 4.78 is 14.2. The number of ether oxygens (including phenoxy) is 2. The largest absolute Gasteiger partial charge is 0.425 e. The minimum Gasteiger partial charge on any atom is -0.425 e. The van der Waals surface area contributed by atoms with Crippen LogP contribution >= 0.6 is 23.5 Å². The van der Waals surface area contributed by atoms with Crippen molar-refractivity contribution in [2.45, 2.75) is 151 Å². The zero-order valence-electron chi connectivity index (χ0n) is 34.2. The zero-order valence-corrected chi connectivity index (χ0v) is 35.8. The van der Waals surface area contributed by atoms with Gasteiger partial charge in [-0.3, -0.25) is 9.59 Å². The van der Waals surface area contributed by atoms with Gasteiger partial charge in [-0.15, -0.1) is 0 Å². The van der Waals surface area contributed by atoms with E-state index >= 15 is 0 Å². The molecule has 1 heterocycles. The van der Waals surface area contributed by atoms with Crippen molar-refractivity contribution in [3.63, 3.8) is 0 Å². The highest BCUT2D eigenvalue weighted by atomic mass is 32.2. The third-order valence-electron chi connectivity index (χ3n) is 14.6. The smallest absolute Gasteiger partial charge is 0.314 e. The highest BCUT2D eigenvalue weighted by Crippen LogP contribution is 2.81. The van der Waals surface area contributed by atoms with Crippen LogP contribution in [0.3, 0.4) is 0 Å². The predicted octanol–water partition coefficient (Wildman–Crippen LogP) is 12.9. The lowest BCUT2D eigenvalue weighted by Crippen LogP contribution is -2.52. The van der Waals surface area contributed by atoms with Gasteiger partial charge in [-0.25, -0.2) is 0 Å². The SMILES string of the molecule is CCCCCC1CCC(C(=O)Oc2c3c(c(OC(=O)C4CCC(CCCCC)CC4)c4c2C2c5ccccc5C25c2ccc(C)cc2C45)SC(=C(C#N)C#N)S3)CC1. The van der Waals surface area contributed by atoms with Gasteiger partial charge in [-0.1, -0.05) is 137 Å². The fourth-order valence-electron chi connectivity index (χ4n) is 11.6. The first-order valence-electron chi connectivity index (χ1n) is 22.1. The van der Waals surface area contributed by atoms with Crippen molar-refractivity contribution in [2.75, 3.05) is 0 Å². The lowest BCUT2D eigenvalue weighted by Gasteiger charge is -2.58. The quantitative estimate of drug-likeness (QED) is 0.0771. The van der Waals surface area contributed by atoms with E-state index in [0.29, 0.717) is 37.4 Å². The van der Waals surface area contributed by atoms with E-state index in [2.05, 4.69) is 75.4 Å². The number of benzene rings is 3. The number of aryl methyl sites for hydroxylation is 1. The molecule has 0 bridgehead atoms. The minimum atomic E-state index is -0.356. The minimum absolute atomic E-state index is 0.0108. The molecule has 0 saturated heterocycles. The number of hydrogen-bond acceptors (Lipinski definition) is 8. The summed E-state index contributed by atoms with van der Waals surface area (Å²) in [6, 6.07) is 19.6. The van der Waals surface area contributed by atoms with Gasteiger partial charge < -0.3 is 9.47 Å². The third-order valence-corrected chi connectivity index (χ3v) is 17.2. The summed E-state index contributed by atoms with van der Waals surface area (Å²) in [7, 11) is 0. The van der Waals surface area contributed by atoms with Crippen molar-refractivity contribution >= 4 is 35.5 Å². The topological polar surface area (TPSA) is 100 Å². The summed E-state index contributed by atoms with van der Waals surface area (Å²) in [4.78, 5) is 30.4. The van der Waals surface area contributed by atoms with E-state index < -0.39 is 0 Å². The molecule has 3 aromatic rings. The number of carbonyl (C=O) groups excluding carboxylic acids is 2. The molecule has 3 aromatic carbocycles. The second kappa shape index (κ2) is 16.2. The molecular formula is C50H54N2O4S2. The molecule has 0 N–H and O–H groups in total. The Morgan fingerprint density at radius 1 is 0.690 bits per heavy atom. The standard InChI is InChI=1S/C50H54N2O4S2/c1-4-6-8-12-30-17-21-32(22-18-30)47(53)55-43-39-40(42-36-26-29(3)16-25-38(36)50(42)37-15-11-10-14-35(37)41(39)50)44(46-45(43)57-49(58-46)34(27-51)28-52)56-48(54)33-23-19-31(20-24-33)13-9-7-5-2/h10-11,14-16,25-26,30-33,41-42H,4-9,12-13,17-24H2,1-3H3. The van der Waals surface area contributed by atoms with Crippen molar-refractivity contribution in [1.29, 1.82) is 10.5 Å². The first kappa shape index (κ1) is 39.5. The molecule has 6 nitrogen and oxygen atoms in total. The lowest BCUT2D eigenvalue weighted by molar-refractivity contribution is -0.141. The number of nitrogens with zero attached hydrogens (tertiary/aromatic N) is 2. The molecule has 0 radical (unpaired) electrons. The number of rotatable bonds is 12. The van der Waals surface area contributed by atoms with Crippen LogP contribution in [0.2, 0.25) is 0 Å². The Balaban J connectivity index is 1.15. The van der Waals surface area contributed by atoms with Crippen molar-refractivity contribution in [3.05, 3.63) is 91.2 Å². The number of nitriles is 2. The van der Waals surface area contributed by atoms with Crippen molar-refractivity contribution in [2.24, 2.45) is 23.7 Å². The maximum Gasteiger partial charge on any atom is 0.314 e. The summed E-state index contributed by atoms with van der Waals surface area (Å²) in [5.74, 6) is 1.42. The van der Waals surface area contributed by atoms with Crippen molar-refractivity contribution in [1.82, 2.24) is 0 Å². The Kier molecular flexibility index (Phi) is 11.0. The van der Waals surface area contributed by atoms with Gasteiger partial charge in [0, 0.05) is 28.4 Å². The summed E-state index contributed by atoms with van der Waals surface area (Å²) in [6.07, 6.45) is 17.3. The summed E-state index contributed by atoms with van der Waals surface area (Å²) in [6.45, 7) is 6.60. The van der Waals surface area contributed by atoms with Gasteiger partial charge in [-0.05, 0) is 92.4 Å². The summed E-state index contributed by atoms with van der Waals surface area (Å²) >= 11 is 2.64. The van der Waals surface area contributed by atoms with Crippen LogP contribution in [-0.2, 0) is 15.0 Å². The van der Waals surface area contributed by atoms with Gasteiger partial charge in [0.25, 0.3) is 0 Å². The Morgan fingerprint density at radius 3 is 1.71 bits per heavy atom. The van der Waals surface area contributed by atoms with E-state index in [-0.39, 0.29) is 46.6 Å². The first-order chi connectivity index (χ1) is 28.3. The maximum absolute atomic E-state index is 14.5. The second-order valence-corrected chi connectivity index (χ2v) is 20.2. The Bertz CT molecular complexity index is 2250. The number of carbonyl (C=O) groups is 2. The molecule has 3 atom stereocenters. The molecule has 2 saturated carbocycles. The highest BCUT2D eigenvalue weighted by molar-refractivity contribution is 8.24. The molecule has 1 spiro atoms. The van der Waals surface area contributed by atoms with Gasteiger partial charge in [0.15, 0.2) is 0 Å². The van der Waals surface area contributed by atoms with Gasteiger partial charge >= 0.3 is 11.9 Å².